The molecule has 0 atom stereocenters. The number of rotatable bonds is 3. The highest BCUT2D eigenvalue weighted by Crippen LogP contribution is 2.30. The van der Waals surface area contributed by atoms with Gasteiger partial charge in [-0.25, -0.2) is 4.98 Å². The number of nitrogens with zero attached hydrogens (tertiary/aromatic N) is 2. The third kappa shape index (κ3) is 3.18. The van der Waals surface area contributed by atoms with E-state index < -0.39 is 0 Å². The van der Waals surface area contributed by atoms with E-state index in [0.717, 1.165) is 21.7 Å². The van der Waals surface area contributed by atoms with Crippen LogP contribution in [0.1, 0.15) is 5.56 Å². The lowest BCUT2D eigenvalue weighted by atomic mass is 10.1. The highest BCUT2D eigenvalue weighted by atomic mass is 32.1. The minimum absolute atomic E-state index is 0.172. The second kappa shape index (κ2) is 6.71. The number of carbonyl (C=O) groups is 1. The van der Waals surface area contributed by atoms with E-state index >= 15 is 0 Å². The van der Waals surface area contributed by atoms with Gasteiger partial charge in [0.15, 0.2) is 0 Å². The van der Waals surface area contributed by atoms with Crippen molar-refractivity contribution in [3.63, 3.8) is 0 Å². The number of hydrogen-bond donors (Lipinski definition) is 0. The average Bonchev–Trinajstić information content (AvgIpc) is 3.07. The molecule has 0 saturated carbocycles. The molecule has 1 amide bonds. The predicted octanol–water partition coefficient (Wildman–Crippen LogP) is 3.36. The first-order valence-electron chi connectivity index (χ1n) is 8.10. The second-order valence-electron chi connectivity index (χ2n) is 5.85. The summed E-state index contributed by atoms with van der Waals surface area (Å²) in [5.41, 5.74) is 3.17. The quantitative estimate of drug-likeness (QED) is 0.735. The number of thiazole rings is 1. The SMILES string of the molecule is O=C(Cc1ccc(-c2nc3ccccc3s2)cc1)N1CCOCC1. The van der Waals surface area contributed by atoms with E-state index in [2.05, 4.69) is 23.2 Å². The maximum absolute atomic E-state index is 12.3. The Balaban J connectivity index is 1.48. The lowest BCUT2D eigenvalue weighted by Crippen LogP contribution is -2.41. The Morgan fingerprint density at radius 1 is 1.08 bits per heavy atom. The minimum atomic E-state index is 0.172. The van der Waals surface area contributed by atoms with Gasteiger partial charge in [-0.2, -0.15) is 0 Å². The minimum Gasteiger partial charge on any atom is -0.378 e. The van der Waals surface area contributed by atoms with Crippen molar-refractivity contribution in [3.05, 3.63) is 54.1 Å². The summed E-state index contributed by atoms with van der Waals surface area (Å²) in [7, 11) is 0. The van der Waals surface area contributed by atoms with E-state index in [-0.39, 0.29) is 5.91 Å². The Bertz CT molecular complexity index is 818. The smallest absolute Gasteiger partial charge is 0.227 e. The van der Waals surface area contributed by atoms with Gasteiger partial charge in [-0.3, -0.25) is 4.79 Å². The molecule has 0 unspecified atom stereocenters. The van der Waals surface area contributed by atoms with Gasteiger partial charge in [-0.15, -0.1) is 11.3 Å². The zero-order chi connectivity index (χ0) is 16.4. The molecule has 1 fully saturated rings. The van der Waals surface area contributed by atoms with Crippen molar-refractivity contribution in [3.8, 4) is 10.6 Å². The van der Waals surface area contributed by atoms with Crippen LogP contribution in [0.25, 0.3) is 20.8 Å². The second-order valence-corrected chi connectivity index (χ2v) is 6.88. The van der Waals surface area contributed by atoms with E-state index in [4.69, 9.17) is 4.74 Å². The van der Waals surface area contributed by atoms with Gasteiger partial charge in [0.05, 0.1) is 29.9 Å². The molecular weight excluding hydrogens is 320 g/mol. The number of para-hydroxylation sites is 1. The number of carbonyl (C=O) groups excluding carboxylic acids is 1. The number of hydrogen-bond acceptors (Lipinski definition) is 4. The Morgan fingerprint density at radius 2 is 1.83 bits per heavy atom. The van der Waals surface area contributed by atoms with Crippen LogP contribution in [-0.2, 0) is 16.0 Å². The molecule has 0 radical (unpaired) electrons. The molecular formula is C19H18N2O2S. The highest BCUT2D eigenvalue weighted by molar-refractivity contribution is 7.21. The van der Waals surface area contributed by atoms with Crippen LogP contribution in [0, 0.1) is 0 Å². The molecule has 4 rings (SSSR count). The molecule has 0 spiro atoms. The van der Waals surface area contributed by atoms with E-state index in [1.807, 2.05) is 35.2 Å². The molecule has 1 aliphatic rings. The number of morpholine rings is 1. The van der Waals surface area contributed by atoms with Crippen LogP contribution in [0.15, 0.2) is 48.5 Å². The summed E-state index contributed by atoms with van der Waals surface area (Å²) in [5, 5.41) is 1.02. The fourth-order valence-electron chi connectivity index (χ4n) is 2.86. The first-order chi connectivity index (χ1) is 11.8. The van der Waals surface area contributed by atoms with Crippen molar-refractivity contribution >= 4 is 27.5 Å². The van der Waals surface area contributed by atoms with Gasteiger partial charge < -0.3 is 9.64 Å². The number of fused-ring (bicyclic) bond motifs is 1. The lowest BCUT2D eigenvalue weighted by molar-refractivity contribution is -0.134. The molecule has 1 aromatic heterocycles. The van der Waals surface area contributed by atoms with Gasteiger partial charge in [-0.05, 0) is 17.7 Å². The maximum atomic E-state index is 12.3. The van der Waals surface area contributed by atoms with Crippen LogP contribution < -0.4 is 0 Å². The average molecular weight is 338 g/mol. The van der Waals surface area contributed by atoms with Crippen molar-refractivity contribution in [2.75, 3.05) is 26.3 Å². The van der Waals surface area contributed by atoms with Crippen molar-refractivity contribution in [1.29, 1.82) is 0 Å². The van der Waals surface area contributed by atoms with Crippen LogP contribution in [-0.4, -0.2) is 42.1 Å². The van der Waals surface area contributed by atoms with Gasteiger partial charge in [0.2, 0.25) is 5.91 Å². The Labute approximate surface area is 144 Å². The van der Waals surface area contributed by atoms with Gasteiger partial charge in [0, 0.05) is 18.7 Å². The van der Waals surface area contributed by atoms with Crippen LogP contribution in [0.2, 0.25) is 0 Å². The first-order valence-corrected chi connectivity index (χ1v) is 8.92. The number of ether oxygens (including phenoxy) is 1. The zero-order valence-electron chi connectivity index (χ0n) is 13.3. The molecule has 1 saturated heterocycles. The number of aromatic nitrogens is 1. The highest BCUT2D eigenvalue weighted by Gasteiger charge is 2.17. The Hall–Kier alpha value is -2.24. The topological polar surface area (TPSA) is 42.4 Å². The Morgan fingerprint density at radius 3 is 2.58 bits per heavy atom. The standard InChI is InChI=1S/C19H18N2O2S/c22-18(21-9-11-23-12-10-21)13-14-5-7-15(8-6-14)19-20-16-3-1-2-4-17(16)24-19/h1-8H,9-13H2. The fraction of sp³-hybridized carbons (Fsp3) is 0.263. The monoisotopic (exact) mass is 338 g/mol. The van der Waals surface area contributed by atoms with E-state index in [1.165, 1.54) is 4.70 Å². The molecule has 0 aliphatic carbocycles. The molecule has 4 nitrogen and oxygen atoms in total. The summed E-state index contributed by atoms with van der Waals surface area (Å²) in [5.74, 6) is 0.172. The van der Waals surface area contributed by atoms with Gasteiger partial charge in [0.25, 0.3) is 0 Å². The fourth-order valence-corrected chi connectivity index (χ4v) is 3.83. The molecule has 3 aromatic rings. The van der Waals surface area contributed by atoms with Gasteiger partial charge in [0.1, 0.15) is 5.01 Å². The summed E-state index contributed by atoms with van der Waals surface area (Å²) in [6, 6.07) is 16.3. The number of amides is 1. The lowest BCUT2D eigenvalue weighted by Gasteiger charge is -2.26. The van der Waals surface area contributed by atoms with Crippen LogP contribution in [0.3, 0.4) is 0 Å². The summed E-state index contributed by atoms with van der Waals surface area (Å²) in [4.78, 5) is 18.9. The van der Waals surface area contributed by atoms with Crippen molar-refractivity contribution < 1.29 is 9.53 Å². The summed E-state index contributed by atoms with van der Waals surface area (Å²) in [6.45, 7) is 2.68. The molecule has 24 heavy (non-hydrogen) atoms. The molecule has 1 aliphatic heterocycles. The maximum Gasteiger partial charge on any atom is 0.227 e. The normalized spacial score (nSPS) is 14.9. The molecule has 0 bridgehead atoms. The molecule has 2 aromatic carbocycles. The summed E-state index contributed by atoms with van der Waals surface area (Å²) < 4.78 is 6.48. The van der Waals surface area contributed by atoms with Crippen LogP contribution in [0.4, 0.5) is 0 Å². The third-order valence-corrected chi connectivity index (χ3v) is 5.30. The zero-order valence-corrected chi connectivity index (χ0v) is 14.1. The van der Waals surface area contributed by atoms with Crippen LogP contribution >= 0.6 is 11.3 Å². The third-order valence-electron chi connectivity index (χ3n) is 4.21. The largest absolute Gasteiger partial charge is 0.378 e. The Kier molecular flexibility index (Phi) is 4.28. The molecule has 2 heterocycles. The van der Waals surface area contributed by atoms with Crippen molar-refractivity contribution in [2.24, 2.45) is 0 Å². The summed E-state index contributed by atoms with van der Waals surface area (Å²) >= 11 is 1.69. The van der Waals surface area contributed by atoms with Gasteiger partial charge >= 0.3 is 0 Å². The van der Waals surface area contributed by atoms with E-state index in [9.17, 15) is 4.79 Å². The number of benzene rings is 2. The molecule has 5 heteroatoms. The van der Waals surface area contributed by atoms with E-state index in [1.54, 1.807) is 11.3 Å². The van der Waals surface area contributed by atoms with Gasteiger partial charge in [-0.1, -0.05) is 36.4 Å². The van der Waals surface area contributed by atoms with Crippen molar-refractivity contribution in [1.82, 2.24) is 9.88 Å². The van der Waals surface area contributed by atoms with Crippen LogP contribution in [0.5, 0.6) is 0 Å². The van der Waals surface area contributed by atoms with E-state index in [0.29, 0.717) is 32.7 Å². The predicted molar refractivity (Wildman–Crippen MR) is 96.2 cm³/mol. The summed E-state index contributed by atoms with van der Waals surface area (Å²) in [6.07, 6.45) is 0.445. The first kappa shape index (κ1) is 15.3. The molecule has 122 valence electrons. The van der Waals surface area contributed by atoms with Crippen molar-refractivity contribution in [2.45, 2.75) is 6.42 Å². The molecule has 0 N–H and O–H groups in total.